The number of hydrogen-bond donors (Lipinski definition) is 3. The van der Waals surface area contributed by atoms with E-state index in [4.69, 9.17) is 5.11 Å². The Labute approximate surface area is 138 Å². The number of aliphatic hydroxyl groups is 1. The second kappa shape index (κ2) is 8.61. The van der Waals surface area contributed by atoms with Crippen molar-refractivity contribution in [3.8, 4) is 0 Å². The Hall–Kier alpha value is -0.780. The number of aliphatic imine (C=N–C) groups is 1. The molecule has 1 rings (SSSR count). The number of alkyl halides is 3. The first-order valence-electron chi connectivity index (χ1n) is 6.20. The second-order valence-corrected chi connectivity index (χ2v) is 4.66. The number of guanidine groups is 1. The Balaban J connectivity index is 0.00000400. The van der Waals surface area contributed by atoms with E-state index in [-0.39, 0.29) is 41.9 Å². The predicted octanol–water partition coefficient (Wildman–Crippen LogP) is 0.313. The van der Waals surface area contributed by atoms with Crippen LogP contribution in [0.2, 0.25) is 0 Å². The van der Waals surface area contributed by atoms with Crippen LogP contribution in [-0.4, -0.2) is 67.4 Å². The first-order valence-corrected chi connectivity index (χ1v) is 6.20. The lowest BCUT2D eigenvalue weighted by Gasteiger charge is -2.31. The minimum Gasteiger partial charge on any atom is -0.382 e. The maximum Gasteiger partial charge on any atom is 0.416 e. The zero-order valence-corrected chi connectivity index (χ0v) is 14.1. The third-order valence-electron chi connectivity index (χ3n) is 3.03. The van der Waals surface area contributed by atoms with Crippen molar-refractivity contribution in [3.05, 3.63) is 0 Å². The molecule has 1 fully saturated rings. The van der Waals surface area contributed by atoms with Crippen LogP contribution in [0.15, 0.2) is 4.99 Å². The van der Waals surface area contributed by atoms with Gasteiger partial charge in [-0.1, -0.05) is 0 Å². The number of amides is 1. The van der Waals surface area contributed by atoms with Gasteiger partial charge in [0.25, 0.3) is 0 Å². The van der Waals surface area contributed by atoms with Crippen molar-refractivity contribution >= 4 is 35.8 Å². The molecular weight excluding hydrogens is 404 g/mol. The molecule has 10 heteroatoms. The third-order valence-corrected chi connectivity index (χ3v) is 3.03. The van der Waals surface area contributed by atoms with Gasteiger partial charge >= 0.3 is 6.18 Å². The molecule has 3 N–H and O–H groups in total. The molecule has 1 amide bonds. The van der Waals surface area contributed by atoms with Gasteiger partial charge in [0.15, 0.2) is 12.1 Å². The number of likely N-dealkylation sites (N-methyl/N-ethyl adjacent to an activating group) is 1. The monoisotopic (exact) mass is 424 g/mol. The van der Waals surface area contributed by atoms with Crippen molar-refractivity contribution in [1.82, 2.24) is 15.5 Å². The average molecular weight is 424 g/mol. The summed E-state index contributed by atoms with van der Waals surface area (Å²) in [5, 5.41) is 14.2. The van der Waals surface area contributed by atoms with Crippen molar-refractivity contribution in [3.63, 3.8) is 0 Å². The minimum absolute atomic E-state index is 0. The van der Waals surface area contributed by atoms with Crippen LogP contribution in [0.25, 0.3) is 0 Å². The smallest absolute Gasteiger partial charge is 0.382 e. The number of nitrogens with one attached hydrogen (secondary N) is 2. The number of piperidine rings is 1. The number of carbonyl (C=O) groups is 1. The van der Waals surface area contributed by atoms with Crippen LogP contribution < -0.4 is 10.6 Å². The Bertz CT molecular complexity index is 379. The van der Waals surface area contributed by atoms with Gasteiger partial charge in [-0.3, -0.25) is 9.79 Å². The molecule has 0 bridgehead atoms. The molecule has 2 atom stereocenters. The van der Waals surface area contributed by atoms with Crippen molar-refractivity contribution in [1.29, 1.82) is 0 Å². The lowest BCUT2D eigenvalue weighted by Crippen LogP contribution is -2.53. The molecule has 0 aliphatic carbocycles. The Morgan fingerprint density at radius 3 is 2.67 bits per heavy atom. The van der Waals surface area contributed by atoms with E-state index in [1.165, 1.54) is 7.05 Å². The van der Waals surface area contributed by atoms with Crippen LogP contribution >= 0.6 is 24.0 Å². The molecule has 124 valence electrons. The Morgan fingerprint density at radius 1 is 1.57 bits per heavy atom. The molecule has 1 saturated heterocycles. The van der Waals surface area contributed by atoms with Gasteiger partial charge in [-0.15, -0.1) is 24.0 Å². The van der Waals surface area contributed by atoms with Crippen molar-refractivity contribution in [2.24, 2.45) is 4.99 Å². The van der Waals surface area contributed by atoms with E-state index in [1.54, 1.807) is 11.9 Å². The van der Waals surface area contributed by atoms with Crippen LogP contribution in [0.3, 0.4) is 0 Å². The third kappa shape index (κ3) is 6.68. The van der Waals surface area contributed by atoms with Crippen LogP contribution in [0.1, 0.15) is 12.8 Å². The summed E-state index contributed by atoms with van der Waals surface area (Å²) in [6.07, 6.45) is -6.14. The van der Waals surface area contributed by atoms with Gasteiger partial charge in [0.1, 0.15) is 0 Å². The van der Waals surface area contributed by atoms with Crippen molar-refractivity contribution < 1.29 is 23.1 Å². The minimum atomic E-state index is -4.66. The van der Waals surface area contributed by atoms with E-state index in [0.717, 1.165) is 0 Å². The van der Waals surface area contributed by atoms with Gasteiger partial charge in [0, 0.05) is 33.1 Å². The molecule has 6 nitrogen and oxygen atoms in total. The summed E-state index contributed by atoms with van der Waals surface area (Å²) < 4.78 is 36.5. The second-order valence-electron chi connectivity index (χ2n) is 4.66. The fourth-order valence-electron chi connectivity index (χ4n) is 1.83. The molecule has 0 aromatic carbocycles. The predicted molar refractivity (Wildman–Crippen MR) is 82.6 cm³/mol. The molecule has 1 aliphatic heterocycles. The first-order chi connectivity index (χ1) is 9.24. The molecule has 21 heavy (non-hydrogen) atoms. The highest BCUT2D eigenvalue weighted by Crippen LogP contribution is 2.19. The fraction of sp³-hybridized carbons (Fsp3) is 0.818. The molecule has 0 saturated carbocycles. The van der Waals surface area contributed by atoms with E-state index in [1.807, 2.05) is 0 Å². The lowest BCUT2D eigenvalue weighted by atomic mass is 10.1. The normalized spacial score (nSPS) is 21.6. The zero-order valence-electron chi connectivity index (χ0n) is 11.8. The highest BCUT2D eigenvalue weighted by Gasteiger charge is 2.38. The zero-order chi connectivity index (χ0) is 15.3. The summed E-state index contributed by atoms with van der Waals surface area (Å²) in [6.45, 7) is -0.216. The highest BCUT2D eigenvalue weighted by atomic mass is 127. The van der Waals surface area contributed by atoms with E-state index >= 15 is 0 Å². The van der Waals surface area contributed by atoms with Gasteiger partial charge in [-0.05, 0) is 6.42 Å². The van der Waals surface area contributed by atoms with E-state index in [9.17, 15) is 18.0 Å². The molecule has 0 aromatic rings. The maximum absolute atomic E-state index is 12.2. The lowest BCUT2D eigenvalue weighted by molar-refractivity contribution is -0.201. The number of likely N-dealkylation sites (tertiary alicyclic amines) is 1. The Morgan fingerprint density at radius 2 is 2.19 bits per heavy atom. The number of rotatable bonds is 3. The van der Waals surface area contributed by atoms with Crippen LogP contribution in [-0.2, 0) is 4.79 Å². The quantitative estimate of drug-likeness (QED) is 0.347. The van der Waals surface area contributed by atoms with Gasteiger partial charge in [-0.2, -0.15) is 13.2 Å². The number of carbonyl (C=O) groups excluding carboxylic acids is 1. The SMILES string of the molecule is CN=C(NCC(O)C(F)(F)F)NC1CCC(=O)N(C)C1.I. The summed E-state index contributed by atoms with van der Waals surface area (Å²) in [7, 11) is 3.09. The molecule has 0 radical (unpaired) electrons. The van der Waals surface area contributed by atoms with Gasteiger partial charge in [-0.25, -0.2) is 0 Å². The van der Waals surface area contributed by atoms with Crippen LogP contribution in [0.5, 0.6) is 0 Å². The standard InChI is InChI=1S/C11H19F3N4O2.HI/c1-15-10(16-5-8(19)11(12,13)14)17-7-3-4-9(20)18(2)6-7;/h7-8,19H,3-6H2,1-2H3,(H2,15,16,17);1H. The molecule has 2 unspecified atom stereocenters. The van der Waals surface area contributed by atoms with Gasteiger partial charge in [0.2, 0.25) is 5.91 Å². The van der Waals surface area contributed by atoms with Crippen molar-refractivity contribution in [2.75, 3.05) is 27.2 Å². The average Bonchev–Trinajstić information content (AvgIpc) is 2.37. The summed E-state index contributed by atoms with van der Waals surface area (Å²) >= 11 is 0. The van der Waals surface area contributed by atoms with Crippen molar-refractivity contribution in [2.45, 2.75) is 31.2 Å². The van der Waals surface area contributed by atoms with Gasteiger partial charge in [0.05, 0.1) is 6.54 Å². The number of aliphatic hydroxyl groups excluding tert-OH is 1. The van der Waals surface area contributed by atoms with Crippen LogP contribution in [0.4, 0.5) is 13.2 Å². The van der Waals surface area contributed by atoms with Crippen LogP contribution in [0, 0.1) is 0 Å². The summed E-state index contributed by atoms with van der Waals surface area (Å²) in [5.41, 5.74) is 0. The molecule has 0 spiro atoms. The molecular formula is C11H20F3IN4O2. The van der Waals surface area contributed by atoms with Gasteiger partial charge < -0.3 is 20.6 Å². The molecule has 1 heterocycles. The van der Waals surface area contributed by atoms with E-state index in [2.05, 4.69) is 15.6 Å². The van der Waals surface area contributed by atoms with E-state index < -0.39 is 18.8 Å². The Kier molecular flexibility index (Phi) is 8.29. The molecule has 1 aliphatic rings. The number of halogens is 4. The highest BCUT2D eigenvalue weighted by molar-refractivity contribution is 14.0. The summed E-state index contributed by atoms with van der Waals surface area (Å²) in [6, 6.07) is -0.0769. The largest absolute Gasteiger partial charge is 0.416 e. The number of hydrogen-bond acceptors (Lipinski definition) is 3. The fourth-order valence-corrected chi connectivity index (χ4v) is 1.83. The first kappa shape index (κ1) is 20.2. The maximum atomic E-state index is 12.2. The summed E-state index contributed by atoms with van der Waals surface area (Å²) in [5.74, 6) is 0.208. The summed E-state index contributed by atoms with van der Waals surface area (Å²) in [4.78, 5) is 16.7. The number of nitrogens with zero attached hydrogens (tertiary/aromatic N) is 2. The molecule has 0 aromatic heterocycles. The van der Waals surface area contributed by atoms with E-state index in [0.29, 0.717) is 19.4 Å². The topological polar surface area (TPSA) is 77.0 Å².